The number of rotatable bonds is 4. The highest BCUT2D eigenvalue weighted by Crippen LogP contribution is 2.16. The number of aromatic nitrogens is 2. The maximum Gasteiger partial charge on any atom is 0.316 e. The van der Waals surface area contributed by atoms with Crippen LogP contribution >= 0.6 is 0 Å². The van der Waals surface area contributed by atoms with Crippen molar-refractivity contribution in [3.05, 3.63) is 36.0 Å². The van der Waals surface area contributed by atoms with Gasteiger partial charge in [0, 0.05) is 18.7 Å². The standard InChI is InChI=1S/C14H14FN3O3/c15-10-5-3-9(4-6-10)12-17-14(21-18-12)13(19)16-8-11-2-1-7-20-11/h3-6,11H,1-2,7-8H2,(H,16,19)/t11-/m1/s1. The highest BCUT2D eigenvalue weighted by atomic mass is 19.1. The van der Waals surface area contributed by atoms with E-state index >= 15 is 0 Å². The van der Waals surface area contributed by atoms with E-state index < -0.39 is 5.91 Å². The van der Waals surface area contributed by atoms with Crippen molar-refractivity contribution in [3.8, 4) is 11.4 Å². The minimum absolute atomic E-state index is 0.0495. The molecule has 0 bridgehead atoms. The van der Waals surface area contributed by atoms with Crippen LogP contribution in [-0.4, -0.2) is 35.3 Å². The van der Waals surface area contributed by atoms with Gasteiger partial charge in [-0.15, -0.1) is 0 Å². The topological polar surface area (TPSA) is 77.2 Å². The fourth-order valence-corrected chi connectivity index (χ4v) is 2.12. The van der Waals surface area contributed by atoms with Crippen LogP contribution in [0.5, 0.6) is 0 Å². The minimum atomic E-state index is -0.439. The number of amides is 1. The van der Waals surface area contributed by atoms with Gasteiger partial charge in [-0.3, -0.25) is 4.79 Å². The summed E-state index contributed by atoms with van der Waals surface area (Å²) in [6.07, 6.45) is 1.99. The summed E-state index contributed by atoms with van der Waals surface area (Å²) in [5, 5.41) is 6.41. The SMILES string of the molecule is O=C(NC[C@H]1CCCO1)c1nc(-c2ccc(F)cc2)no1. The van der Waals surface area contributed by atoms with Gasteiger partial charge in [0.25, 0.3) is 0 Å². The average Bonchev–Trinajstić information content (AvgIpc) is 3.17. The molecule has 21 heavy (non-hydrogen) atoms. The third-order valence-electron chi connectivity index (χ3n) is 3.24. The fraction of sp³-hybridized carbons (Fsp3) is 0.357. The van der Waals surface area contributed by atoms with Crippen molar-refractivity contribution in [2.45, 2.75) is 18.9 Å². The van der Waals surface area contributed by atoms with E-state index in [0.29, 0.717) is 12.1 Å². The number of carbonyl (C=O) groups is 1. The van der Waals surface area contributed by atoms with E-state index in [0.717, 1.165) is 19.4 Å². The molecule has 2 aromatic rings. The van der Waals surface area contributed by atoms with Crippen LogP contribution in [0.4, 0.5) is 4.39 Å². The van der Waals surface area contributed by atoms with Gasteiger partial charge in [0.1, 0.15) is 5.82 Å². The van der Waals surface area contributed by atoms with Gasteiger partial charge in [0.2, 0.25) is 5.82 Å². The summed E-state index contributed by atoms with van der Waals surface area (Å²) >= 11 is 0. The van der Waals surface area contributed by atoms with Gasteiger partial charge in [-0.05, 0) is 37.1 Å². The third-order valence-corrected chi connectivity index (χ3v) is 3.24. The predicted molar refractivity (Wildman–Crippen MR) is 71.0 cm³/mol. The van der Waals surface area contributed by atoms with Crippen molar-refractivity contribution >= 4 is 5.91 Å². The molecule has 0 saturated carbocycles. The number of nitrogens with one attached hydrogen (secondary N) is 1. The fourth-order valence-electron chi connectivity index (χ4n) is 2.12. The first-order valence-electron chi connectivity index (χ1n) is 6.72. The number of hydrogen-bond acceptors (Lipinski definition) is 5. The summed E-state index contributed by atoms with van der Waals surface area (Å²) in [4.78, 5) is 15.9. The molecule has 2 heterocycles. The Balaban J connectivity index is 1.63. The van der Waals surface area contributed by atoms with Crippen LogP contribution in [0.3, 0.4) is 0 Å². The van der Waals surface area contributed by atoms with E-state index in [9.17, 15) is 9.18 Å². The van der Waals surface area contributed by atoms with Crippen LogP contribution in [0.15, 0.2) is 28.8 Å². The monoisotopic (exact) mass is 291 g/mol. The quantitative estimate of drug-likeness (QED) is 0.929. The van der Waals surface area contributed by atoms with Gasteiger partial charge in [0.05, 0.1) is 6.10 Å². The number of hydrogen-bond donors (Lipinski definition) is 1. The lowest BCUT2D eigenvalue weighted by Crippen LogP contribution is -2.31. The van der Waals surface area contributed by atoms with Crippen molar-refractivity contribution in [1.82, 2.24) is 15.5 Å². The van der Waals surface area contributed by atoms with Gasteiger partial charge in [-0.1, -0.05) is 5.16 Å². The largest absolute Gasteiger partial charge is 0.376 e. The van der Waals surface area contributed by atoms with Crippen molar-refractivity contribution in [3.63, 3.8) is 0 Å². The number of ether oxygens (including phenoxy) is 1. The zero-order valence-electron chi connectivity index (χ0n) is 11.2. The highest BCUT2D eigenvalue weighted by molar-refractivity contribution is 5.89. The van der Waals surface area contributed by atoms with Crippen molar-refractivity contribution < 1.29 is 18.4 Å². The molecule has 6 nitrogen and oxygen atoms in total. The van der Waals surface area contributed by atoms with Gasteiger partial charge >= 0.3 is 11.8 Å². The van der Waals surface area contributed by atoms with Crippen molar-refractivity contribution in [2.24, 2.45) is 0 Å². The Morgan fingerprint density at radius 1 is 1.38 bits per heavy atom. The minimum Gasteiger partial charge on any atom is -0.376 e. The van der Waals surface area contributed by atoms with Gasteiger partial charge in [0.15, 0.2) is 0 Å². The van der Waals surface area contributed by atoms with Crippen LogP contribution in [0.25, 0.3) is 11.4 Å². The van der Waals surface area contributed by atoms with Crippen LogP contribution in [0, 0.1) is 5.82 Å². The predicted octanol–water partition coefficient (Wildman–Crippen LogP) is 1.78. The number of halogens is 1. The van der Waals surface area contributed by atoms with E-state index in [2.05, 4.69) is 15.5 Å². The molecule has 0 spiro atoms. The molecule has 1 aliphatic rings. The van der Waals surface area contributed by atoms with Crippen LogP contribution in [-0.2, 0) is 4.74 Å². The molecular formula is C14H14FN3O3. The molecule has 3 rings (SSSR count). The second-order valence-electron chi connectivity index (χ2n) is 4.78. The number of carbonyl (C=O) groups excluding carboxylic acids is 1. The zero-order chi connectivity index (χ0) is 14.7. The first-order chi connectivity index (χ1) is 10.2. The molecule has 7 heteroatoms. The van der Waals surface area contributed by atoms with Crippen LogP contribution in [0.2, 0.25) is 0 Å². The van der Waals surface area contributed by atoms with E-state index in [1.54, 1.807) is 0 Å². The summed E-state index contributed by atoms with van der Waals surface area (Å²) in [7, 11) is 0. The molecule has 1 saturated heterocycles. The maximum absolute atomic E-state index is 12.8. The lowest BCUT2D eigenvalue weighted by atomic mass is 10.2. The molecule has 1 N–H and O–H groups in total. The number of nitrogens with zero attached hydrogens (tertiary/aromatic N) is 2. The summed E-state index contributed by atoms with van der Waals surface area (Å²) in [5.74, 6) is -0.660. The van der Waals surface area contributed by atoms with E-state index in [-0.39, 0.29) is 23.6 Å². The third kappa shape index (κ3) is 3.25. The van der Waals surface area contributed by atoms with Crippen LogP contribution < -0.4 is 5.32 Å². The first-order valence-corrected chi connectivity index (χ1v) is 6.72. The van der Waals surface area contributed by atoms with E-state index in [4.69, 9.17) is 9.26 Å². The van der Waals surface area contributed by atoms with E-state index in [1.165, 1.54) is 24.3 Å². The van der Waals surface area contributed by atoms with E-state index in [1.807, 2.05) is 0 Å². The lowest BCUT2D eigenvalue weighted by Gasteiger charge is -2.08. The van der Waals surface area contributed by atoms with Crippen LogP contribution in [0.1, 0.15) is 23.5 Å². The van der Waals surface area contributed by atoms with Crippen molar-refractivity contribution in [1.29, 1.82) is 0 Å². The Morgan fingerprint density at radius 2 is 2.19 bits per heavy atom. The summed E-state index contributed by atoms with van der Waals surface area (Å²) < 4.78 is 23.2. The Labute approximate surface area is 120 Å². The van der Waals surface area contributed by atoms with Gasteiger partial charge in [-0.2, -0.15) is 4.98 Å². The molecule has 0 radical (unpaired) electrons. The normalized spacial score (nSPS) is 17.9. The lowest BCUT2D eigenvalue weighted by molar-refractivity contribution is 0.0822. The average molecular weight is 291 g/mol. The molecule has 1 aromatic carbocycles. The molecule has 1 aliphatic heterocycles. The maximum atomic E-state index is 12.8. The summed E-state index contributed by atoms with van der Waals surface area (Å²) in [5.41, 5.74) is 0.582. The Hall–Kier alpha value is -2.28. The smallest absolute Gasteiger partial charge is 0.316 e. The molecule has 0 aliphatic carbocycles. The van der Waals surface area contributed by atoms with Gasteiger partial charge < -0.3 is 14.6 Å². The molecule has 1 atom stereocenters. The summed E-state index contributed by atoms with van der Waals surface area (Å²) in [6.45, 7) is 1.16. The van der Waals surface area contributed by atoms with Crippen molar-refractivity contribution in [2.75, 3.05) is 13.2 Å². The molecule has 0 unspecified atom stereocenters. The second kappa shape index (κ2) is 6.01. The molecule has 110 valence electrons. The second-order valence-corrected chi connectivity index (χ2v) is 4.78. The molecule has 1 amide bonds. The Kier molecular flexibility index (Phi) is 3.92. The zero-order valence-corrected chi connectivity index (χ0v) is 11.2. The molecular weight excluding hydrogens is 277 g/mol. The first kappa shape index (κ1) is 13.7. The molecule has 1 aromatic heterocycles. The van der Waals surface area contributed by atoms with Gasteiger partial charge in [-0.25, -0.2) is 4.39 Å². The Morgan fingerprint density at radius 3 is 2.90 bits per heavy atom. The Bertz CT molecular complexity index is 621. The molecule has 1 fully saturated rings. The number of benzene rings is 1. The highest BCUT2D eigenvalue weighted by Gasteiger charge is 2.20. The summed E-state index contributed by atoms with van der Waals surface area (Å²) in [6, 6.07) is 5.63.